The molecule has 0 heterocycles. The van der Waals surface area contributed by atoms with Gasteiger partial charge in [-0.15, -0.1) is 0 Å². The first-order valence-corrected chi connectivity index (χ1v) is 10.9. The van der Waals surface area contributed by atoms with Crippen molar-refractivity contribution in [3.63, 3.8) is 0 Å². The summed E-state index contributed by atoms with van der Waals surface area (Å²) >= 11 is 0. The summed E-state index contributed by atoms with van der Waals surface area (Å²) in [6.45, 7) is 6.79. The normalized spacial score (nSPS) is 12.0. The quantitative estimate of drug-likeness (QED) is 0.692. The van der Waals surface area contributed by atoms with Crippen LogP contribution in [0.15, 0.2) is 84.9 Å². The van der Waals surface area contributed by atoms with E-state index in [-0.39, 0.29) is 11.6 Å². The number of rotatable bonds is 5. The Morgan fingerprint density at radius 1 is 0.769 bits per heavy atom. The van der Waals surface area contributed by atoms with Crippen LogP contribution < -0.4 is 14.8 Å². The lowest BCUT2D eigenvalue weighted by Crippen LogP contribution is -2.68. The SMILES string of the molecule is CC(C)(C)[Si](Oc1cccc(CO)c1)(c1ccccc1)c1ccccc1. The van der Waals surface area contributed by atoms with Crippen molar-refractivity contribution in [2.75, 3.05) is 0 Å². The van der Waals surface area contributed by atoms with E-state index in [9.17, 15) is 5.11 Å². The standard InChI is InChI=1S/C23H26O2Si/c1-23(2,3)26(21-13-6-4-7-14-21,22-15-8-5-9-16-22)25-20-12-10-11-19(17-20)18-24/h4-17,24H,18H2,1-3H3. The predicted molar refractivity (Wildman–Crippen MR) is 111 cm³/mol. The first kappa shape index (κ1) is 18.4. The third kappa shape index (κ3) is 3.46. The van der Waals surface area contributed by atoms with E-state index in [0.717, 1.165) is 11.3 Å². The molecule has 0 saturated heterocycles. The van der Waals surface area contributed by atoms with Gasteiger partial charge in [-0.05, 0) is 33.1 Å². The van der Waals surface area contributed by atoms with Gasteiger partial charge in [-0.25, -0.2) is 0 Å². The summed E-state index contributed by atoms with van der Waals surface area (Å²) < 4.78 is 6.91. The van der Waals surface area contributed by atoms with Crippen molar-refractivity contribution in [1.82, 2.24) is 0 Å². The average molecular weight is 363 g/mol. The van der Waals surface area contributed by atoms with E-state index in [2.05, 4.69) is 69.3 Å². The van der Waals surface area contributed by atoms with Crippen LogP contribution in [0.2, 0.25) is 5.04 Å². The molecule has 0 radical (unpaired) electrons. The molecule has 0 fully saturated rings. The van der Waals surface area contributed by atoms with Gasteiger partial charge < -0.3 is 9.53 Å². The number of hydrogen-bond donors (Lipinski definition) is 1. The van der Waals surface area contributed by atoms with Crippen LogP contribution in [0.5, 0.6) is 5.75 Å². The lowest BCUT2D eigenvalue weighted by Gasteiger charge is -2.43. The predicted octanol–water partition coefficient (Wildman–Crippen LogP) is 4.12. The molecule has 3 aromatic carbocycles. The van der Waals surface area contributed by atoms with Crippen molar-refractivity contribution in [1.29, 1.82) is 0 Å². The number of benzene rings is 3. The fourth-order valence-electron chi connectivity index (χ4n) is 3.53. The maximum Gasteiger partial charge on any atom is 0.319 e. The lowest BCUT2D eigenvalue weighted by molar-refractivity contribution is 0.281. The van der Waals surface area contributed by atoms with Crippen molar-refractivity contribution in [3.8, 4) is 5.75 Å². The summed E-state index contributed by atoms with van der Waals surface area (Å²) in [5.41, 5.74) is 0.862. The summed E-state index contributed by atoms with van der Waals surface area (Å²) in [4.78, 5) is 0. The van der Waals surface area contributed by atoms with E-state index < -0.39 is 8.32 Å². The molecular formula is C23H26O2Si. The molecule has 26 heavy (non-hydrogen) atoms. The van der Waals surface area contributed by atoms with Gasteiger partial charge in [0.15, 0.2) is 0 Å². The van der Waals surface area contributed by atoms with Crippen LogP contribution in [0.25, 0.3) is 0 Å². The lowest BCUT2D eigenvalue weighted by atomic mass is 10.2. The Morgan fingerprint density at radius 3 is 1.77 bits per heavy atom. The second kappa shape index (κ2) is 7.48. The Kier molecular flexibility index (Phi) is 5.30. The molecule has 3 heteroatoms. The van der Waals surface area contributed by atoms with Gasteiger partial charge in [-0.2, -0.15) is 0 Å². The molecule has 3 aromatic rings. The zero-order valence-corrected chi connectivity index (χ0v) is 16.6. The smallest absolute Gasteiger partial charge is 0.319 e. The third-order valence-corrected chi connectivity index (χ3v) is 9.72. The van der Waals surface area contributed by atoms with Gasteiger partial charge in [-0.3, -0.25) is 0 Å². The molecule has 0 amide bonds. The zero-order chi connectivity index (χ0) is 18.6. The topological polar surface area (TPSA) is 29.5 Å². The van der Waals surface area contributed by atoms with E-state index in [1.807, 2.05) is 36.4 Å². The summed E-state index contributed by atoms with van der Waals surface area (Å²) in [5, 5.41) is 11.9. The third-order valence-electron chi connectivity index (χ3n) is 4.77. The van der Waals surface area contributed by atoms with Gasteiger partial charge in [0.05, 0.1) is 6.61 Å². The minimum absolute atomic E-state index is 0.0119. The Morgan fingerprint density at radius 2 is 1.31 bits per heavy atom. The molecule has 0 bridgehead atoms. The van der Waals surface area contributed by atoms with Crippen LogP contribution in [0.1, 0.15) is 26.3 Å². The van der Waals surface area contributed by atoms with E-state index >= 15 is 0 Å². The molecule has 0 aliphatic heterocycles. The van der Waals surface area contributed by atoms with Crippen LogP contribution in [0.3, 0.4) is 0 Å². The van der Waals surface area contributed by atoms with Crippen LogP contribution in [-0.4, -0.2) is 13.4 Å². The largest absolute Gasteiger partial charge is 0.534 e. The number of aliphatic hydroxyl groups excluding tert-OH is 1. The number of aliphatic hydroxyl groups is 1. The highest BCUT2D eigenvalue weighted by Crippen LogP contribution is 2.37. The van der Waals surface area contributed by atoms with Gasteiger partial charge in [0, 0.05) is 0 Å². The Balaban J connectivity index is 2.23. The molecule has 0 saturated carbocycles. The van der Waals surface area contributed by atoms with Crippen molar-refractivity contribution < 1.29 is 9.53 Å². The van der Waals surface area contributed by atoms with Crippen LogP contribution in [0, 0.1) is 0 Å². The van der Waals surface area contributed by atoms with Crippen molar-refractivity contribution >= 4 is 18.7 Å². The van der Waals surface area contributed by atoms with Gasteiger partial charge in [0.2, 0.25) is 0 Å². The molecule has 0 spiro atoms. The highest BCUT2D eigenvalue weighted by Gasteiger charge is 2.52. The molecule has 3 rings (SSSR count). The van der Waals surface area contributed by atoms with Crippen LogP contribution in [-0.2, 0) is 6.61 Å². The van der Waals surface area contributed by atoms with E-state index in [1.54, 1.807) is 0 Å². The maximum absolute atomic E-state index is 9.51. The van der Waals surface area contributed by atoms with E-state index in [4.69, 9.17) is 4.43 Å². The van der Waals surface area contributed by atoms with Crippen molar-refractivity contribution in [2.24, 2.45) is 0 Å². The molecule has 0 aliphatic rings. The average Bonchev–Trinajstić information content (AvgIpc) is 2.66. The fraction of sp³-hybridized carbons (Fsp3) is 0.217. The van der Waals surface area contributed by atoms with Gasteiger partial charge in [0.25, 0.3) is 0 Å². The Hall–Kier alpha value is -2.36. The Bertz CT molecular complexity index is 799. The first-order valence-electron chi connectivity index (χ1n) is 8.97. The maximum atomic E-state index is 9.51. The Labute approximate surface area is 157 Å². The van der Waals surface area contributed by atoms with E-state index in [1.165, 1.54) is 10.4 Å². The highest BCUT2D eigenvalue weighted by atomic mass is 28.4. The summed E-state index contributed by atoms with van der Waals surface area (Å²) in [6.07, 6.45) is 0. The molecule has 134 valence electrons. The van der Waals surface area contributed by atoms with Crippen LogP contribution >= 0.6 is 0 Å². The van der Waals surface area contributed by atoms with Gasteiger partial charge in [-0.1, -0.05) is 93.6 Å². The monoisotopic (exact) mass is 362 g/mol. The summed E-state index contributed by atoms with van der Waals surface area (Å²) in [5.74, 6) is 0.811. The zero-order valence-electron chi connectivity index (χ0n) is 15.6. The summed E-state index contributed by atoms with van der Waals surface area (Å²) in [7, 11) is -2.61. The number of hydrogen-bond acceptors (Lipinski definition) is 2. The highest BCUT2D eigenvalue weighted by molar-refractivity contribution is 7.00. The molecule has 1 N–H and O–H groups in total. The molecule has 0 aromatic heterocycles. The minimum atomic E-state index is -2.61. The molecular weight excluding hydrogens is 336 g/mol. The molecule has 0 aliphatic carbocycles. The molecule has 0 unspecified atom stereocenters. The van der Waals surface area contributed by atoms with E-state index in [0.29, 0.717) is 0 Å². The van der Waals surface area contributed by atoms with Gasteiger partial charge in [0.1, 0.15) is 5.75 Å². The molecule has 2 nitrogen and oxygen atoms in total. The minimum Gasteiger partial charge on any atom is -0.534 e. The molecule has 0 atom stereocenters. The second-order valence-electron chi connectivity index (χ2n) is 7.57. The van der Waals surface area contributed by atoms with Crippen molar-refractivity contribution in [3.05, 3.63) is 90.5 Å². The summed E-state index contributed by atoms with van der Waals surface area (Å²) in [6, 6.07) is 28.9. The van der Waals surface area contributed by atoms with Gasteiger partial charge >= 0.3 is 8.32 Å². The van der Waals surface area contributed by atoms with Crippen LogP contribution in [0.4, 0.5) is 0 Å². The first-order chi connectivity index (χ1) is 12.5. The van der Waals surface area contributed by atoms with Crippen molar-refractivity contribution in [2.45, 2.75) is 32.4 Å². The fourth-order valence-corrected chi connectivity index (χ4v) is 7.94. The second-order valence-corrected chi connectivity index (χ2v) is 11.8.